The van der Waals surface area contributed by atoms with Crippen molar-refractivity contribution in [3.05, 3.63) is 18.0 Å². The molecule has 0 saturated heterocycles. The zero-order valence-electron chi connectivity index (χ0n) is 11.3. The summed E-state index contributed by atoms with van der Waals surface area (Å²) in [5, 5.41) is 7.41. The van der Waals surface area contributed by atoms with Gasteiger partial charge in [-0.05, 0) is 26.6 Å². The summed E-state index contributed by atoms with van der Waals surface area (Å²) in [6.45, 7) is 4.82. The molecule has 0 fully saturated rings. The van der Waals surface area contributed by atoms with Crippen molar-refractivity contribution in [3.8, 4) is 0 Å². The van der Waals surface area contributed by atoms with Crippen LogP contribution in [0.1, 0.15) is 19.0 Å². The van der Waals surface area contributed by atoms with Gasteiger partial charge in [-0.15, -0.1) is 0 Å². The third kappa shape index (κ3) is 4.29. The number of nitrogen functional groups attached to an aromatic ring is 1. The number of hydrogen-bond donors (Lipinski definition) is 2. The second-order valence-electron chi connectivity index (χ2n) is 4.45. The molecule has 0 amide bonds. The first-order chi connectivity index (χ1) is 8.54. The summed E-state index contributed by atoms with van der Waals surface area (Å²) in [7, 11) is 4.08. The lowest BCUT2D eigenvalue weighted by Gasteiger charge is -2.23. The minimum absolute atomic E-state index is 0.0253. The van der Waals surface area contributed by atoms with Crippen LogP contribution in [0.4, 0.5) is 5.95 Å². The van der Waals surface area contributed by atoms with Crippen LogP contribution in [0, 0.1) is 5.41 Å². The molecule has 1 aromatic heterocycles. The van der Waals surface area contributed by atoms with Crippen LogP contribution >= 0.6 is 0 Å². The fourth-order valence-corrected chi connectivity index (χ4v) is 1.55. The monoisotopic (exact) mass is 250 g/mol. The Morgan fingerprint density at radius 2 is 2.06 bits per heavy atom. The maximum absolute atomic E-state index is 7.41. The number of nitrogens with zero attached hydrogens (tertiary/aromatic N) is 4. The second kappa shape index (κ2) is 6.90. The quantitative estimate of drug-likeness (QED) is 0.545. The van der Waals surface area contributed by atoms with Crippen LogP contribution in [-0.2, 0) is 0 Å². The Kier molecular flexibility index (Phi) is 5.51. The summed E-state index contributed by atoms with van der Waals surface area (Å²) in [5.74, 6) is 0.620. The standard InChI is InChI=1S/C12H22N6/c1-4-7-18(9-8-17(2)3)12-15-6-5-10(16-12)11(13)14/h5-6H,4,7-9H2,1-3H3,(H3,13,14). The normalized spacial score (nSPS) is 10.7. The van der Waals surface area contributed by atoms with Crippen LogP contribution < -0.4 is 10.6 Å². The number of likely N-dealkylation sites (N-methyl/N-ethyl adjacent to an activating group) is 1. The lowest BCUT2D eigenvalue weighted by atomic mass is 10.3. The molecule has 3 N–H and O–H groups in total. The molecule has 0 atom stereocenters. The van der Waals surface area contributed by atoms with Gasteiger partial charge in [0.1, 0.15) is 11.5 Å². The molecular formula is C12H22N6. The van der Waals surface area contributed by atoms with Gasteiger partial charge in [0, 0.05) is 25.8 Å². The van der Waals surface area contributed by atoms with E-state index in [-0.39, 0.29) is 5.84 Å². The van der Waals surface area contributed by atoms with E-state index in [1.165, 1.54) is 0 Å². The van der Waals surface area contributed by atoms with Gasteiger partial charge in [-0.1, -0.05) is 6.92 Å². The zero-order chi connectivity index (χ0) is 13.5. The van der Waals surface area contributed by atoms with Gasteiger partial charge in [-0.3, -0.25) is 5.41 Å². The highest BCUT2D eigenvalue weighted by atomic mass is 15.3. The molecule has 0 bridgehead atoms. The summed E-state index contributed by atoms with van der Waals surface area (Å²) in [6.07, 6.45) is 2.68. The maximum atomic E-state index is 7.41. The molecule has 0 radical (unpaired) electrons. The molecule has 0 aromatic carbocycles. The average molecular weight is 250 g/mol. The van der Waals surface area contributed by atoms with Crippen molar-refractivity contribution in [2.24, 2.45) is 5.73 Å². The van der Waals surface area contributed by atoms with Gasteiger partial charge in [0.25, 0.3) is 0 Å². The summed E-state index contributed by atoms with van der Waals surface area (Å²) in [4.78, 5) is 12.8. The molecule has 6 heteroatoms. The van der Waals surface area contributed by atoms with Crippen molar-refractivity contribution < 1.29 is 0 Å². The van der Waals surface area contributed by atoms with Gasteiger partial charge in [-0.25, -0.2) is 9.97 Å². The number of nitrogens with one attached hydrogen (secondary N) is 1. The lowest BCUT2D eigenvalue weighted by molar-refractivity contribution is 0.411. The van der Waals surface area contributed by atoms with Crippen LogP contribution in [0.5, 0.6) is 0 Å². The number of nitrogens with two attached hydrogens (primary N) is 1. The van der Waals surface area contributed by atoms with Gasteiger partial charge < -0.3 is 15.5 Å². The zero-order valence-corrected chi connectivity index (χ0v) is 11.3. The molecule has 1 heterocycles. The first kappa shape index (κ1) is 14.4. The fraction of sp³-hybridized carbons (Fsp3) is 0.583. The van der Waals surface area contributed by atoms with E-state index in [0.29, 0.717) is 11.6 Å². The topological polar surface area (TPSA) is 82.1 Å². The summed E-state index contributed by atoms with van der Waals surface area (Å²) < 4.78 is 0. The molecule has 0 unspecified atom stereocenters. The minimum Gasteiger partial charge on any atom is -0.382 e. The van der Waals surface area contributed by atoms with Crippen LogP contribution in [0.15, 0.2) is 12.3 Å². The molecule has 1 rings (SSSR count). The lowest BCUT2D eigenvalue weighted by Crippen LogP contribution is -2.34. The van der Waals surface area contributed by atoms with Crippen molar-refractivity contribution in [2.45, 2.75) is 13.3 Å². The van der Waals surface area contributed by atoms with E-state index in [9.17, 15) is 0 Å². The van der Waals surface area contributed by atoms with Crippen molar-refractivity contribution in [3.63, 3.8) is 0 Å². The van der Waals surface area contributed by atoms with E-state index in [4.69, 9.17) is 11.1 Å². The van der Waals surface area contributed by atoms with Gasteiger partial charge in [0.2, 0.25) is 5.95 Å². The van der Waals surface area contributed by atoms with E-state index in [2.05, 4.69) is 26.7 Å². The molecule has 0 saturated carbocycles. The Balaban J connectivity index is 2.83. The Hall–Kier alpha value is -1.69. The van der Waals surface area contributed by atoms with E-state index in [1.807, 2.05) is 14.1 Å². The molecule has 0 aliphatic carbocycles. The third-order valence-electron chi connectivity index (χ3n) is 2.51. The van der Waals surface area contributed by atoms with Crippen LogP contribution in [0.25, 0.3) is 0 Å². The highest BCUT2D eigenvalue weighted by Gasteiger charge is 2.10. The predicted molar refractivity (Wildman–Crippen MR) is 74.1 cm³/mol. The molecule has 1 aromatic rings. The summed E-state index contributed by atoms with van der Waals surface area (Å²) in [6, 6.07) is 1.65. The molecule has 100 valence electrons. The van der Waals surface area contributed by atoms with Crippen LogP contribution in [-0.4, -0.2) is 54.4 Å². The van der Waals surface area contributed by atoms with Crippen LogP contribution in [0.2, 0.25) is 0 Å². The summed E-state index contributed by atoms with van der Waals surface area (Å²) in [5.41, 5.74) is 5.92. The van der Waals surface area contributed by atoms with Gasteiger partial charge in [-0.2, -0.15) is 0 Å². The average Bonchev–Trinajstić information content (AvgIpc) is 2.34. The smallest absolute Gasteiger partial charge is 0.226 e. The Labute approximate surface area is 108 Å². The molecule has 0 spiro atoms. The first-order valence-corrected chi connectivity index (χ1v) is 6.11. The Morgan fingerprint density at radius 1 is 1.33 bits per heavy atom. The fourth-order valence-electron chi connectivity index (χ4n) is 1.55. The van der Waals surface area contributed by atoms with E-state index in [0.717, 1.165) is 26.1 Å². The largest absolute Gasteiger partial charge is 0.382 e. The highest BCUT2D eigenvalue weighted by molar-refractivity contribution is 5.93. The predicted octanol–water partition coefficient (Wildman–Crippen LogP) is 0.539. The summed E-state index contributed by atoms with van der Waals surface area (Å²) >= 11 is 0. The second-order valence-corrected chi connectivity index (χ2v) is 4.45. The SMILES string of the molecule is CCCN(CCN(C)C)c1nccc(C(=N)N)n1. The molecule has 6 nitrogen and oxygen atoms in total. The molecule has 0 aliphatic rings. The van der Waals surface area contributed by atoms with E-state index < -0.39 is 0 Å². The number of aromatic nitrogens is 2. The third-order valence-corrected chi connectivity index (χ3v) is 2.51. The van der Waals surface area contributed by atoms with Gasteiger partial charge in [0.05, 0.1) is 0 Å². The highest BCUT2D eigenvalue weighted by Crippen LogP contribution is 2.08. The number of amidine groups is 1. The van der Waals surface area contributed by atoms with Crippen molar-refractivity contribution in [2.75, 3.05) is 38.6 Å². The van der Waals surface area contributed by atoms with Crippen molar-refractivity contribution in [1.82, 2.24) is 14.9 Å². The van der Waals surface area contributed by atoms with Crippen molar-refractivity contribution >= 4 is 11.8 Å². The minimum atomic E-state index is -0.0253. The molecular weight excluding hydrogens is 228 g/mol. The van der Waals surface area contributed by atoms with E-state index >= 15 is 0 Å². The number of anilines is 1. The number of rotatable bonds is 7. The first-order valence-electron chi connectivity index (χ1n) is 6.11. The Bertz CT molecular complexity index is 390. The van der Waals surface area contributed by atoms with Gasteiger partial charge >= 0.3 is 0 Å². The van der Waals surface area contributed by atoms with Crippen LogP contribution in [0.3, 0.4) is 0 Å². The number of hydrogen-bond acceptors (Lipinski definition) is 5. The van der Waals surface area contributed by atoms with Crippen molar-refractivity contribution in [1.29, 1.82) is 5.41 Å². The maximum Gasteiger partial charge on any atom is 0.226 e. The van der Waals surface area contributed by atoms with Gasteiger partial charge in [0.15, 0.2) is 0 Å². The molecule has 0 aliphatic heterocycles. The molecule has 18 heavy (non-hydrogen) atoms. The Morgan fingerprint density at radius 3 is 2.61 bits per heavy atom. The van der Waals surface area contributed by atoms with E-state index in [1.54, 1.807) is 12.3 Å².